The Bertz CT molecular complexity index is 1320. The molecule has 0 radical (unpaired) electrons. The molecule has 0 bridgehead atoms. The Morgan fingerprint density at radius 2 is 1.94 bits per heavy atom. The predicted molar refractivity (Wildman–Crippen MR) is 130 cm³/mol. The quantitative estimate of drug-likeness (QED) is 0.365. The first kappa shape index (κ1) is 24.0. The fraction of sp³-hybridized carbons (Fsp3) is 0.250. The van der Waals surface area contributed by atoms with Gasteiger partial charge in [0.2, 0.25) is 5.91 Å². The SMILES string of the molecule is COc1cc(OC)cc(C(NC(=O)Cc2csc(NC(=O)c3ccoc3C)n2)c2nccn2C)c1. The lowest BCUT2D eigenvalue weighted by Crippen LogP contribution is -2.32. The van der Waals surface area contributed by atoms with Gasteiger partial charge < -0.3 is 23.8 Å². The van der Waals surface area contributed by atoms with E-state index >= 15 is 0 Å². The van der Waals surface area contributed by atoms with E-state index in [1.807, 2.05) is 29.9 Å². The van der Waals surface area contributed by atoms with Crippen molar-refractivity contribution in [3.8, 4) is 11.5 Å². The van der Waals surface area contributed by atoms with Crippen LogP contribution >= 0.6 is 11.3 Å². The highest BCUT2D eigenvalue weighted by atomic mass is 32.1. The number of benzene rings is 1. The van der Waals surface area contributed by atoms with Crippen LogP contribution in [0.4, 0.5) is 5.13 Å². The fourth-order valence-electron chi connectivity index (χ4n) is 3.56. The van der Waals surface area contributed by atoms with E-state index in [-0.39, 0.29) is 18.2 Å². The molecule has 1 atom stereocenters. The molecule has 1 unspecified atom stereocenters. The van der Waals surface area contributed by atoms with Gasteiger partial charge in [0.1, 0.15) is 29.1 Å². The third kappa shape index (κ3) is 5.52. The molecule has 0 saturated heterocycles. The monoisotopic (exact) mass is 495 g/mol. The molecule has 1 aromatic carbocycles. The van der Waals surface area contributed by atoms with Gasteiger partial charge in [-0.3, -0.25) is 14.9 Å². The molecular formula is C24H25N5O5S. The van der Waals surface area contributed by atoms with Gasteiger partial charge in [-0.1, -0.05) is 0 Å². The van der Waals surface area contributed by atoms with E-state index in [2.05, 4.69) is 20.6 Å². The van der Waals surface area contributed by atoms with E-state index in [1.54, 1.807) is 44.9 Å². The second-order valence-electron chi connectivity index (χ2n) is 7.71. The molecule has 0 aliphatic rings. The summed E-state index contributed by atoms with van der Waals surface area (Å²) in [7, 11) is 4.99. The predicted octanol–water partition coefficient (Wildman–Crippen LogP) is 3.50. The van der Waals surface area contributed by atoms with E-state index in [9.17, 15) is 9.59 Å². The molecule has 0 aliphatic carbocycles. The summed E-state index contributed by atoms with van der Waals surface area (Å²) < 4.78 is 17.8. The Morgan fingerprint density at radius 3 is 2.54 bits per heavy atom. The van der Waals surface area contributed by atoms with E-state index in [0.29, 0.717) is 39.5 Å². The van der Waals surface area contributed by atoms with Gasteiger partial charge in [-0.25, -0.2) is 9.97 Å². The topological polar surface area (TPSA) is 121 Å². The number of nitrogens with zero attached hydrogens (tertiary/aromatic N) is 3. The van der Waals surface area contributed by atoms with Gasteiger partial charge in [-0.05, 0) is 30.7 Å². The van der Waals surface area contributed by atoms with Gasteiger partial charge in [0.05, 0.1) is 38.2 Å². The highest BCUT2D eigenvalue weighted by Crippen LogP contribution is 2.29. The lowest BCUT2D eigenvalue weighted by atomic mass is 10.0. The zero-order valence-electron chi connectivity index (χ0n) is 19.7. The van der Waals surface area contributed by atoms with Gasteiger partial charge in [0.25, 0.3) is 5.91 Å². The lowest BCUT2D eigenvalue weighted by Gasteiger charge is -2.20. The second kappa shape index (κ2) is 10.4. The van der Waals surface area contributed by atoms with Crippen molar-refractivity contribution in [2.24, 2.45) is 7.05 Å². The molecule has 3 aromatic heterocycles. The Labute approximate surface area is 205 Å². The molecule has 2 amide bonds. The van der Waals surface area contributed by atoms with Crippen LogP contribution in [0.2, 0.25) is 0 Å². The number of nitrogens with one attached hydrogen (secondary N) is 2. The van der Waals surface area contributed by atoms with E-state index < -0.39 is 6.04 Å². The number of carbonyl (C=O) groups excluding carboxylic acids is 2. The Kier molecular flexibility index (Phi) is 7.16. The zero-order valence-corrected chi connectivity index (χ0v) is 20.5. The molecule has 4 aromatic rings. The Balaban J connectivity index is 1.50. The van der Waals surface area contributed by atoms with E-state index in [1.165, 1.54) is 17.6 Å². The molecular weight excluding hydrogens is 470 g/mol. The molecule has 35 heavy (non-hydrogen) atoms. The number of thiazole rings is 1. The van der Waals surface area contributed by atoms with E-state index in [4.69, 9.17) is 13.9 Å². The van der Waals surface area contributed by atoms with Crippen LogP contribution in [0, 0.1) is 6.92 Å². The van der Waals surface area contributed by atoms with Crippen molar-refractivity contribution >= 4 is 28.3 Å². The molecule has 11 heteroatoms. The number of methoxy groups -OCH3 is 2. The highest BCUT2D eigenvalue weighted by Gasteiger charge is 2.23. The maximum atomic E-state index is 13.0. The average Bonchev–Trinajstić information content (AvgIpc) is 3.58. The van der Waals surface area contributed by atoms with Crippen molar-refractivity contribution in [2.75, 3.05) is 19.5 Å². The molecule has 0 aliphatic heterocycles. The van der Waals surface area contributed by atoms with Crippen LogP contribution in [-0.4, -0.2) is 40.6 Å². The third-order valence-electron chi connectivity index (χ3n) is 5.35. The normalized spacial score (nSPS) is 11.7. The van der Waals surface area contributed by atoms with Crippen molar-refractivity contribution < 1.29 is 23.5 Å². The summed E-state index contributed by atoms with van der Waals surface area (Å²) in [5.41, 5.74) is 1.73. The minimum absolute atomic E-state index is 0.0269. The van der Waals surface area contributed by atoms with Crippen LogP contribution in [0.25, 0.3) is 0 Å². The zero-order chi connectivity index (χ0) is 24.9. The van der Waals surface area contributed by atoms with Crippen LogP contribution in [0.1, 0.15) is 39.2 Å². The number of imidazole rings is 1. The first-order chi connectivity index (χ1) is 16.9. The molecule has 3 heterocycles. The second-order valence-corrected chi connectivity index (χ2v) is 8.57. The van der Waals surface area contributed by atoms with Crippen molar-refractivity contribution in [1.29, 1.82) is 0 Å². The van der Waals surface area contributed by atoms with Crippen LogP contribution in [-0.2, 0) is 18.3 Å². The number of hydrogen-bond donors (Lipinski definition) is 2. The summed E-state index contributed by atoms with van der Waals surface area (Å²) >= 11 is 1.25. The summed E-state index contributed by atoms with van der Waals surface area (Å²) in [4.78, 5) is 34.2. The molecule has 2 N–H and O–H groups in total. The number of ether oxygens (including phenoxy) is 2. The number of anilines is 1. The first-order valence-corrected chi connectivity index (χ1v) is 11.5. The van der Waals surface area contributed by atoms with Gasteiger partial charge >= 0.3 is 0 Å². The molecule has 0 fully saturated rings. The Morgan fingerprint density at radius 1 is 1.20 bits per heavy atom. The number of aromatic nitrogens is 3. The minimum Gasteiger partial charge on any atom is -0.497 e. The molecule has 0 saturated carbocycles. The standard InChI is InChI=1S/C24H25N5O5S/c1-14-19(5-8-34-14)23(31)28-24-26-16(13-35-24)11-20(30)27-21(22-25-6-7-29(22)2)15-9-17(32-3)12-18(10-15)33-4/h5-10,12-13,21H,11H2,1-4H3,(H,27,30)(H,26,28,31). The fourth-order valence-corrected chi connectivity index (χ4v) is 4.26. The molecule has 182 valence electrons. The summed E-state index contributed by atoms with van der Waals surface area (Å²) in [5.74, 6) is 1.79. The third-order valence-corrected chi connectivity index (χ3v) is 6.15. The first-order valence-electron chi connectivity index (χ1n) is 10.7. The number of hydrogen-bond acceptors (Lipinski definition) is 8. The van der Waals surface area contributed by atoms with Gasteiger partial charge in [-0.2, -0.15) is 0 Å². The van der Waals surface area contributed by atoms with Crippen LogP contribution in [0.3, 0.4) is 0 Å². The maximum absolute atomic E-state index is 13.0. The largest absolute Gasteiger partial charge is 0.497 e. The van der Waals surface area contributed by atoms with Gasteiger partial charge in [0, 0.05) is 30.9 Å². The molecule has 10 nitrogen and oxygen atoms in total. The molecule has 4 rings (SSSR count). The number of aryl methyl sites for hydroxylation is 2. The number of carbonyl (C=O) groups is 2. The maximum Gasteiger partial charge on any atom is 0.260 e. The average molecular weight is 496 g/mol. The van der Waals surface area contributed by atoms with E-state index in [0.717, 1.165) is 5.56 Å². The number of amides is 2. The van der Waals surface area contributed by atoms with Gasteiger partial charge in [-0.15, -0.1) is 11.3 Å². The van der Waals surface area contributed by atoms with Crippen molar-refractivity contribution in [3.63, 3.8) is 0 Å². The smallest absolute Gasteiger partial charge is 0.260 e. The number of rotatable bonds is 9. The van der Waals surface area contributed by atoms with Crippen LogP contribution < -0.4 is 20.1 Å². The highest BCUT2D eigenvalue weighted by molar-refractivity contribution is 7.14. The van der Waals surface area contributed by atoms with Crippen molar-refractivity contribution in [2.45, 2.75) is 19.4 Å². The summed E-state index contributed by atoms with van der Waals surface area (Å²) in [6.45, 7) is 1.71. The summed E-state index contributed by atoms with van der Waals surface area (Å²) in [6, 6.07) is 6.47. The molecule has 0 spiro atoms. The number of furan rings is 1. The van der Waals surface area contributed by atoms with Crippen molar-refractivity contribution in [1.82, 2.24) is 19.9 Å². The van der Waals surface area contributed by atoms with Crippen molar-refractivity contribution in [3.05, 3.63) is 76.7 Å². The minimum atomic E-state index is -0.548. The van der Waals surface area contributed by atoms with Gasteiger partial charge in [0.15, 0.2) is 5.13 Å². The van der Waals surface area contributed by atoms with Crippen LogP contribution in [0.15, 0.2) is 52.7 Å². The lowest BCUT2D eigenvalue weighted by molar-refractivity contribution is -0.121. The Hall–Kier alpha value is -4.12. The van der Waals surface area contributed by atoms with Crippen LogP contribution in [0.5, 0.6) is 11.5 Å². The summed E-state index contributed by atoms with van der Waals surface area (Å²) in [6.07, 6.45) is 4.96. The summed E-state index contributed by atoms with van der Waals surface area (Å²) in [5, 5.41) is 7.91.